The number of anilines is 2. The predicted octanol–water partition coefficient (Wildman–Crippen LogP) is 6.10. The molecule has 2 heterocycles. The van der Waals surface area contributed by atoms with Gasteiger partial charge in [0.1, 0.15) is 11.6 Å². The van der Waals surface area contributed by atoms with Crippen molar-refractivity contribution in [3.05, 3.63) is 106 Å². The van der Waals surface area contributed by atoms with Gasteiger partial charge in [-0.3, -0.25) is 9.79 Å². The first-order chi connectivity index (χ1) is 18.9. The van der Waals surface area contributed by atoms with Crippen LogP contribution in [0.3, 0.4) is 0 Å². The summed E-state index contributed by atoms with van der Waals surface area (Å²) in [6.07, 6.45) is 1.64. The van der Waals surface area contributed by atoms with Gasteiger partial charge in [-0.05, 0) is 55.6 Å². The van der Waals surface area contributed by atoms with Crippen molar-refractivity contribution in [2.45, 2.75) is 14.0 Å². The van der Waals surface area contributed by atoms with Crippen molar-refractivity contribution in [3.8, 4) is 11.3 Å². The number of nitrogens with one attached hydrogen (secondary N) is 2. The van der Waals surface area contributed by atoms with Crippen LogP contribution >= 0.6 is 11.6 Å². The second-order valence-corrected chi connectivity index (χ2v) is 9.49. The highest BCUT2D eigenvalue weighted by molar-refractivity contribution is 6.31. The van der Waals surface area contributed by atoms with Crippen LogP contribution in [0.4, 0.5) is 20.4 Å². The molecule has 0 atom stereocenters. The van der Waals surface area contributed by atoms with Crippen molar-refractivity contribution < 1.29 is 13.6 Å². The molecule has 1 aliphatic rings. The molecule has 0 aliphatic carbocycles. The second kappa shape index (κ2) is 12.3. The van der Waals surface area contributed by atoms with Crippen molar-refractivity contribution in [1.82, 2.24) is 20.2 Å². The molecular formula is C30H29ClF2N6O. The van der Waals surface area contributed by atoms with Crippen LogP contribution in [0, 0.1) is 11.6 Å². The predicted molar refractivity (Wildman–Crippen MR) is 156 cm³/mol. The van der Waals surface area contributed by atoms with Gasteiger partial charge in [0.15, 0.2) is 0 Å². The number of carbonyl (C=O) groups excluding carboxylic acids is 1. The number of nitrogens with zero attached hydrogens (tertiary/aromatic N) is 4. The Balaban J connectivity index is 0.00000370. The first kappa shape index (κ1) is 28.8. The van der Waals surface area contributed by atoms with Crippen molar-refractivity contribution in [2.24, 2.45) is 4.99 Å². The summed E-state index contributed by atoms with van der Waals surface area (Å²) in [6.45, 7) is 1.43. The van der Waals surface area contributed by atoms with Gasteiger partial charge in [0, 0.05) is 59.3 Å². The molecule has 0 spiro atoms. The summed E-state index contributed by atoms with van der Waals surface area (Å²) in [7, 11) is 3.60. The van der Waals surface area contributed by atoms with Gasteiger partial charge in [0.2, 0.25) is 5.95 Å². The molecule has 0 saturated carbocycles. The molecule has 7 nitrogen and oxygen atoms in total. The first-order valence-corrected chi connectivity index (χ1v) is 12.7. The van der Waals surface area contributed by atoms with E-state index in [9.17, 15) is 13.6 Å². The standard InChI is InChI=1S/C29H25ClF2N6O.CH4/c1-33-12-13-38(2)28(39)17-6-9-20(10-7-17)36-29-35-16-18-15-34-27(25-23(31)4-3-5-24(25)32)22-14-19(30)8-11-21(22)26(18)37-29;/h3-11,14,16,33H,12-13,15H2,1-2H3,(H,35,36,37);1H4. The number of hydrogen-bond donors (Lipinski definition) is 2. The zero-order valence-corrected chi connectivity index (χ0v) is 22.1. The number of hydrogen-bond acceptors (Lipinski definition) is 6. The van der Waals surface area contributed by atoms with E-state index in [1.54, 1.807) is 60.6 Å². The van der Waals surface area contributed by atoms with Crippen LogP contribution in [0.2, 0.25) is 5.02 Å². The molecule has 0 radical (unpaired) electrons. The number of carbonyl (C=O) groups is 1. The molecule has 4 aromatic rings. The molecule has 0 fully saturated rings. The van der Waals surface area contributed by atoms with Gasteiger partial charge < -0.3 is 15.5 Å². The summed E-state index contributed by atoms with van der Waals surface area (Å²) in [6, 6.07) is 15.8. The van der Waals surface area contributed by atoms with Gasteiger partial charge in [0.05, 0.1) is 23.5 Å². The first-order valence-electron chi connectivity index (χ1n) is 12.3. The number of benzene rings is 3. The van der Waals surface area contributed by atoms with Crippen LogP contribution in [0.25, 0.3) is 11.3 Å². The van der Waals surface area contributed by atoms with E-state index in [4.69, 9.17) is 16.6 Å². The maximum Gasteiger partial charge on any atom is 0.253 e. The number of likely N-dealkylation sites (N-methyl/N-ethyl adjacent to an activating group) is 2. The van der Waals surface area contributed by atoms with E-state index < -0.39 is 11.6 Å². The number of rotatable bonds is 7. The maximum atomic E-state index is 14.8. The zero-order valence-electron chi connectivity index (χ0n) is 21.3. The molecule has 5 rings (SSSR count). The van der Waals surface area contributed by atoms with Crippen molar-refractivity contribution in [1.29, 1.82) is 0 Å². The van der Waals surface area contributed by atoms with Gasteiger partial charge in [-0.1, -0.05) is 31.2 Å². The molecule has 1 amide bonds. The Bertz CT molecular complexity index is 1560. The van der Waals surface area contributed by atoms with Crippen LogP contribution in [-0.2, 0) is 6.54 Å². The van der Waals surface area contributed by atoms with Crippen LogP contribution in [0.1, 0.15) is 34.5 Å². The molecule has 206 valence electrons. The number of halogens is 3. The highest BCUT2D eigenvalue weighted by Gasteiger charge is 2.25. The third-order valence-electron chi connectivity index (χ3n) is 6.40. The molecule has 40 heavy (non-hydrogen) atoms. The minimum atomic E-state index is -0.714. The Hall–Kier alpha value is -4.21. The lowest BCUT2D eigenvalue weighted by Gasteiger charge is -2.17. The largest absolute Gasteiger partial charge is 0.340 e. The molecule has 1 aromatic heterocycles. The van der Waals surface area contributed by atoms with Gasteiger partial charge in [0.25, 0.3) is 5.91 Å². The Morgan fingerprint density at radius 3 is 2.48 bits per heavy atom. The summed E-state index contributed by atoms with van der Waals surface area (Å²) in [5.74, 6) is -1.18. The van der Waals surface area contributed by atoms with E-state index in [0.717, 1.165) is 0 Å². The normalized spacial score (nSPS) is 11.9. The van der Waals surface area contributed by atoms with E-state index in [2.05, 4.69) is 20.6 Å². The number of amides is 1. The Labute approximate surface area is 237 Å². The summed E-state index contributed by atoms with van der Waals surface area (Å²) >= 11 is 6.29. The van der Waals surface area contributed by atoms with Crippen molar-refractivity contribution in [2.75, 3.05) is 32.5 Å². The van der Waals surface area contributed by atoms with Crippen LogP contribution < -0.4 is 10.6 Å². The van der Waals surface area contributed by atoms with Gasteiger partial charge in [-0.25, -0.2) is 18.7 Å². The Morgan fingerprint density at radius 2 is 1.77 bits per heavy atom. The van der Waals surface area contributed by atoms with E-state index in [1.807, 2.05) is 7.05 Å². The minimum Gasteiger partial charge on any atom is -0.340 e. The molecule has 0 bridgehead atoms. The lowest BCUT2D eigenvalue weighted by atomic mass is 9.95. The van der Waals surface area contributed by atoms with Crippen LogP contribution in [-0.4, -0.2) is 53.7 Å². The van der Waals surface area contributed by atoms with E-state index in [0.29, 0.717) is 57.7 Å². The average Bonchev–Trinajstić information content (AvgIpc) is 3.08. The summed E-state index contributed by atoms with van der Waals surface area (Å²) in [5.41, 5.74) is 3.58. The number of fused-ring (bicyclic) bond motifs is 3. The fourth-order valence-electron chi connectivity index (χ4n) is 4.35. The smallest absolute Gasteiger partial charge is 0.253 e. The van der Waals surface area contributed by atoms with Gasteiger partial charge in [-0.2, -0.15) is 0 Å². The quantitative estimate of drug-likeness (QED) is 0.284. The lowest BCUT2D eigenvalue weighted by Crippen LogP contribution is -2.32. The summed E-state index contributed by atoms with van der Waals surface area (Å²) in [5, 5.41) is 6.60. The molecule has 2 N–H and O–H groups in total. The van der Waals surface area contributed by atoms with Crippen molar-refractivity contribution >= 4 is 34.9 Å². The lowest BCUT2D eigenvalue weighted by molar-refractivity contribution is 0.0797. The van der Waals surface area contributed by atoms with Gasteiger partial charge in [-0.15, -0.1) is 0 Å². The number of aliphatic imine (C=N–C) groups is 1. The molecule has 0 saturated heterocycles. The fraction of sp³-hybridized carbons (Fsp3) is 0.200. The summed E-state index contributed by atoms with van der Waals surface area (Å²) in [4.78, 5) is 28.0. The van der Waals surface area contributed by atoms with Gasteiger partial charge >= 0.3 is 0 Å². The SMILES string of the molecule is C.CNCCN(C)C(=O)c1ccc(Nc2ncc3c(n2)-c2ccc(Cl)cc2C(c2c(F)cccc2F)=NC3)cc1. The highest BCUT2D eigenvalue weighted by Crippen LogP contribution is 2.34. The summed E-state index contributed by atoms with van der Waals surface area (Å²) < 4.78 is 29.5. The molecule has 0 unspecified atom stereocenters. The average molecular weight is 563 g/mol. The minimum absolute atomic E-state index is 0. The maximum absolute atomic E-state index is 14.8. The van der Waals surface area contributed by atoms with E-state index >= 15 is 0 Å². The topological polar surface area (TPSA) is 82.5 Å². The molecule has 1 aliphatic heterocycles. The molecule has 3 aromatic carbocycles. The molecular weight excluding hydrogens is 534 g/mol. The van der Waals surface area contributed by atoms with Crippen molar-refractivity contribution in [3.63, 3.8) is 0 Å². The third kappa shape index (κ3) is 5.85. The fourth-order valence-corrected chi connectivity index (χ4v) is 4.52. The van der Waals surface area contributed by atoms with E-state index in [1.165, 1.54) is 18.2 Å². The number of aromatic nitrogens is 2. The zero-order chi connectivity index (χ0) is 27.5. The molecule has 10 heteroatoms. The monoisotopic (exact) mass is 562 g/mol. The van der Waals surface area contributed by atoms with E-state index in [-0.39, 0.29) is 31.2 Å². The van der Waals surface area contributed by atoms with Crippen LogP contribution in [0.15, 0.2) is 71.9 Å². The van der Waals surface area contributed by atoms with Crippen LogP contribution in [0.5, 0.6) is 0 Å². The third-order valence-corrected chi connectivity index (χ3v) is 6.63. The Kier molecular flexibility index (Phi) is 8.86. The second-order valence-electron chi connectivity index (χ2n) is 9.05. The highest BCUT2D eigenvalue weighted by atomic mass is 35.5. The Morgan fingerprint density at radius 1 is 1.05 bits per heavy atom.